The molecule has 4 fully saturated rings. The summed E-state index contributed by atoms with van der Waals surface area (Å²) in [5, 5.41) is 6.31. The van der Waals surface area contributed by atoms with Gasteiger partial charge in [-0.05, 0) is 63.8 Å². The Morgan fingerprint density at radius 3 is 2.25 bits per heavy atom. The van der Waals surface area contributed by atoms with Gasteiger partial charge in [0, 0.05) is 38.6 Å². The summed E-state index contributed by atoms with van der Waals surface area (Å²) in [5.74, 6) is 1.08. The fraction of sp³-hybridized carbons (Fsp3) is 0.857. The largest absolute Gasteiger partial charge is 0.354 e. The van der Waals surface area contributed by atoms with E-state index in [2.05, 4.69) is 10.6 Å². The van der Waals surface area contributed by atoms with Gasteiger partial charge in [0.05, 0.1) is 12.0 Å². The summed E-state index contributed by atoms with van der Waals surface area (Å²) in [4.78, 5) is 41.6. The molecule has 0 aromatic heterocycles. The number of likely N-dealkylation sites (tertiary alicyclic amines) is 2. The van der Waals surface area contributed by atoms with Crippen LogP contribution in [0.1, 0.15) is 51.4 Å². The van der Waals surface area contributed by atoms with E-state index < -0.39 is 0 Å². The number of carbonyl (C=O) groups is 3. The molecule has 3 heterocycles. The first-order chi connectivity index (χ1) is 13.6. The van der Waals surface area contributed by atoms with Crippen molar-refractivity contribution in [3.05, 3.63) is 0 Å². The first kappa shape index (κ1) is 19.7. The van der Waals surface area contributed by atoms with Gasteiger partial charge in [0.25, 0.3) is 0 Å². The number of hydrogen-bond acceptors (Lipinski definition) is 4. The van der Waals surface area contributed by atoms with Crippen molar-refractivity contribution in [3.8, 4) is 0 Å². The lowest BCUT2D eigenvalue weighted by molar-refractivity contribution is -0.142. The fourth-order valence-corrected chi connectivity index (χ4v) is 4.93. The lowest BCUT2D eigenvalue weighted by Gasteiger charge is -2.38. The molecule has 4 aliphatic rings. The molecule has 3 saturated heterocycles. The van der Waals surface area contributed by atoms with Crippen LogP contribution < -0.4 is 10.6 Å². The van der Waals surface area contributed by atoms with E-state index >= 15 is 0 Å². The van der Waals surface area contributed by atoms with Crippen molar-refractivity contribution in [2.75, 3.05) is 39.3 Å². The van der Waals surface area contributed by atoms with Crippen molar-refractivity contribution in [2.24, 2.45) is 17.8 Å². The minimum Gasteiger partial charge on any atom is -0.354 e. The third-order valence-corrected chi connectivity index (χ3v) is 6.78. The molecule has 3 amide bonds. The molecule has 7 nitrogen and oxygen atoms in total. The lowest BCUT2D eigenvalue weighted by Crippen LogP contribution is -2.51. The highest BCUT2D eigenvalue weighted by Gasteiger charge is 2.38. The van der Waals surface area contributed by atoms with Gasteiger partial charge in [0.2, 0.25) is 17.7 Å². The standard InChI is InChI=1S/C21H34N4O3/c26-19(18-6-1-9-22-18)23-12-15-4-2-10-24(13-15)21(28)17-5-3-11-25(14-17)20(27)16-7-8-16/h15-18,22H,1-14H2,(H,23,26). The van der Waals surface area contributed by atoms with E-state index in [0.29, 0.717) is 19.0 Å². The van der Waals surface area contributed by atoms with Gasteiger partial charge < -0.3 is 20.4 Å². The summed E-state index contributed by atoms with van der Waals surface area (Å²) in [7, 11) is 0. The minimum absolute atomic E-state index is 0.0430. The van der Waals surface area contributed by atoms with Crippen LogP contribution in [0.3, 0.4) is 0 Å². The number of amides is 3. The van der Waals surface area contributed by atoms with E-state index in [-0.39, 0.29) is 35.6 Å². The number of nitrogens with one attached hydrogen (secondary N) is 2. The Balaban J connectivity index is 1.25. The zero-order valence-electron chi connectivity index (χ0n) is 16.8. The molecular formula is C21H34N4O3. The molecule has 3 aliphatic heterocycles. The molecule has 1 saturated carbocycles. The van der Waals surface area contributed by atoms with Gasteiger partial charge in [-0.2, -0.15) is 0 Å². The van der Waals surface area contributed by atoms with E-state index in [0.717, 1.165) is 77.5 Å². The Hall–Kier alpha value is -1.63. The van der Waals surface area contributed by atoms with Gasteiger partial charge in [-0.1, -0.05) is 0 Å². The normalized spacial score (nSPS) is 30.9. The highest BCUT2D eigenvalue weighted by molar-refractivity contribution is 5.84. The number of hydrogen-bond donors (Lipinski definition) is 2. The van der Waals surface area contributed by atoms with Crippen molar-refractivity contribution < 1.29 is 14.4 Å². The average molecular weight is 391 g/mol. The zero-order valence-corrected chi connectivity index (χ0v) is 16.8. The predicted molar refractivity (Wildman–Crippen MR) is 105 cm³/mol. The van der Waals surface area contributed by atoms with E-state index in [9.17, 15) is 14.4 Å². The topological polar surface area (TPSA) is 81.8 Å². The number of carbonyl (C=O) groups excluding carboxylic acids is 3. The zero-order chi connectivity index (χ0) is 19.5. The van der Waals surface area contributed by atoms with Gasteiger partial charge in [-0.3, -0.25) is 14.4 Å². The molecule has 28 heavy (non-hydrogen) atoms. The highest BCUT2D eigenvalue weighted by atomic mass is 16.2. The van der Waals surface area contributed by atoms with Crippen LogP contribution in [0.5, 0.6) is 0 Å². The molecule has 0 aromatic carbocycles. The molecule has 2 N–H and O–H groups in total. The number of rotatable bonds is 5. The second-order valence-electron chi connectivity index (χ2n) is 9.08. The van der Waals surface area contributed by atoms with Gasteiger partial charge in [-0.15, -0.1) is 0 Å². The molecular weight excluding hydrogens is 356 g/mol. The van der Waals surface area contributed by atoms with E-state index in [1.54, 1.807) is 0 Å². The van der Waals surface area contributed by atoms with Crippen molar-refractivity contribution in [1.82, 2.24) is 20.4 Å². The van der Waals surface area contributed by atoms with Crippen LogP contribution in [0.15, 0.2) is 0 Å². The van der Waals surface area contributed by atoms with Crippen LogP contribution in [0.4, 0.5) is 0 Å². The molecule has 4 rings (SSSR count). The average Bonchev–Trinajstić information content (AvgIpc) is 3.44. The van der Waals surface area contributed by atoms with E-state index in [1.807, 2.05) is 9.80 Å². The summed E-state index contributed by atoms with van der Waals surface area (Å²) >= 11 is 0. The predicted octanol–water partition coefficient (Wildman–Crippen LogP) is 0.742. The molecule has 0 bridgehead atoms. The molecule has 156 valence electrons. The Morgan fingerprint density at radius 1 is 0.821 bits per heavy atom. The summed E-state index contributed by atoms with van der Waals surface area (Å²) in [6.07, 6.45) is 7.87. The number of piperidine rings is 2. The maximum absolute atomic E-state index is 13.1. The number of nitrogens with zero attached hydrogens (tertiary/aromatic N) is 2. The Morgan fingerprint density at radius 2 is 1.54 bits per heavy atom. The van der Waals surface area contributed by atoms with Crippen LogP contribution in [-0.2, 0) is 14.4 Å². The molecule has 3 unspecified atom stereocenters. The molecule has 0 spiro atoms. The van der Waals surface area contributed by atoms with Gasteiger partial charge in [-0.25, -0.2) is 0 Å². The second-order valence-corrected chi connectivity index (χ2v) is 9.08. The van der Waals surface area contributed by atoms with Crippen LogP contribution in [-0.4, -0.2) is 72.8 Å². The minimum atomic E-state index is -0.0486. The maximum Gasteiger partial charge on any atom is 0.237 e. The van der Waals surface area contributed by atoms with Crippen molar-refractivity contribution in [3.63, 3.8) is 0 Å². The SMILES string of the molecule is O=C(NCC1CCCN(C(=O)C2CCCN(C(=O)C3CC3)C2)C1)C1CCCN1. The van der Waals surface area contributed by atoms with Crippen molar-refractivity contribution in [1.29, 1.82) is 0 Å². The van der Waals surface area contributed by atoms with Gasteiger partial charge in [0.15, 0.2) is 0 Å². The maximum atomic E-state index is 13.1. The Kier molecular flexibility index (Phi) is 6.19. The highest BCUT2D eigenvalue weighted by Crippen LogP contribution is 2.33. The van der Waals surface area contributed by atoms with Crippen LogP contribution in [0.25, 0.3) is 0 Å². The monoisotopic (exact) mass is 390 g/mol. The summed E-state index contributed by atoms with van der Waals surface area (Å²) < 4.78 is 0. The quantitative estimate of drug-likeness (QED) is 0.726. The summed E-state index contributed by atoms with van der Waals surface area (Å²) in [6.45, 7) is 4.51. The first-order valence-corrected chi connectivity index (χ1v) is 11.2. The molecule has 3 atom stereocenters. The molecule has 1 aliphatic carbocycles. The van der Waals surface area contributed by atoms with Crippen LogP contribution in [0.2, 0.25) is 0 Å². The third kappa shape index (κ3) is 4.67. The van der Waals surface area contributed by atoms with Crippen LogP contribution >= 0.6 is 0 Å². The summed E-state index contributed by atoms with van der Waals surface area (Å²) in [5.41, 5.74) is 0. The van der Waals surface area contributed by atoms with Gasteiger partial charge >= 0.3 is 0 Å². The molecule has 0 aromatic rings. The summed E-state index contributed by atoms with van der Waals surface area (Å²) in [6, 6.07) is -0.0430. The van der Waals surface area contributed by atoms with E-state index in [1.165, 1.54) is 0 Å². The molecule has 7 heteroatoms. The second kappa shape index (κ2) is 8.80. The van der Waals surface area contributed by atoms with Crippen molar-refractivity contribution in [2.45, 2.75) is 57.4 Å². The fourth-order valence-electron chi connectivity index (χ4n) is 4.93. The first-order valence-electron chi connectivity index (χ1n) is 11.2. The Bertz CT molecular complexity index is 600. The molecule has 0 radical (unpaired) electrons. The smallest absolute Gasteiger partial charge is 0.237 e. The Labute approximate surface area is 167 Å². The van der Waals surface area contributed by atoms with Gasteiger partial charge in [0.1, 0.15) is 0 Å². The van der Waals surface area contributed by atoms with Crippen molar-refractivity contribution >= 4 is 17.7 Å². The van der Waals surface area contributed by atoms with Crippen LogP contribution in [0, 0.1) is 17.8 Å². The van der Waals surface area contributed by atoms with E-state index in [4.69, 9.17) is 0 Å². The third-order valence-electron chi connectivity index (χ3n) is 6.78. The lowest BCUT2D eigenvalue weighted by atomic mass is 9.92.